The Balaban J connectivity index is 1.50. The summed E-state index contributed by atoms with van der Waals surface area (Å²) in [6.07, 6.45) is 0.901. The molecule has 0 atom stereocenters. The predicted molar refractivity (Wildman–Crippen MR) is 143 cm³/mol. The zero-order valence-corrected chi connectivity index (χ0v) is 20.3. The van der Waals surface area contributed by atoms with E-state index in [-0.39, 0.29) is 5.69 Å². The van der Waals surface area contributed by atoms with Crippen molar-refractivity contribution in [2.24, 2.45) is 10.2 Å². The molecule has 0 unspecified atom stereocenters. The molecule has 4 aromatic rings. The number of anilines is 2. The summed E-state index contributed by atoms with van der Waals surface area (Å²) in [5.41, 5.74) is 4.52. The van der Waals surface area contributed by atoms with Gasteiger partial charge >= 0.3 is 0 Å². The molecular weight excluding hydrogens is 454 g/mol. The van der Waals surface area contributed by atoms with E-state index in [1.807, 2.05) is 24.3 Å². The third-order valence-corrected chi connectivity index (χ3v) is 6.40. The molecule has 1 aliphatic heterocycles. The van der Waals surface area contributed by atoms with Crippen LogP contribution in [0.3, 0.4) is 0 Å². The molecule has 5 rings (SSSR count). The lowest BCUT2D eigenvalue weighted by atomic mass is 10.1. The number of nitro benzene ring substituents is 1. The van der Waals surface area contributed by atoms with Crippen molar-refractivity contribution in [3.63, 3.8) is 0 Å². The Morgan fingerprint density at radius 3 is 2.53 bits per heavy atom. The minimum Gasteiger partial charge on any atom is -0.454 e. The van der Waals surface area contributed by atoms with Crippen LogP contribution in [0.25, 0.3) is 10.8 Å². The number of benzene rings is 4. The van der Waals surface area contributed by atoms with Crippen LogP contribution >= 0.6 is 0 Å². The smallest absolute Gasteiger partial charge is 0.269 e. The molecule has 36 heavy (non-hydrogen) atoms. The average molecular weight is 482 g/mol. The summed E-state index contributed by atoms with van der Waals surface area (Å²) in [4.78, 5) is 12.8. The van der Waals surface area contributed by atoms with Crippen LogP contribution in [0.15, 0.2) is 83.0 Å². The van der Waals surface area contributed by atoms with E-state index in [0.717, 1.165) is 53.8 Å². The Labute approximate surface area is 209 Å². The standard InChI is InChI=1S/C28H27N5O3/c1-3-32(4-2)23-12-13-24-19(16-23)6-5-7-27(24)36-28-18-25-20(14-15-29-25)17-26(28)31-30-21-8-10-22(11-9-21)33(34)35/h5-13,16-18,29H,3-4,14-15H2,1-2H3. The quantitative estimate of drug-likeness (QED) is 0.158. The van der Waals surface area contributed by atoms with E-state index in [1.165, 1.54) is 17.8 Å². The van der Waals surface area contributed by atoms with E-state index in [9.17, 15) is 10.1 Å². The Bertz CT molecular complexity index is 1450. The number of nitro groups is 1. The lowest BCUT2D eigenvalue weighted by Gasteiger charge is -2.21. The highest BCUT2D eigenvalue weighted by Gasteiger charge is 2.17. The minimum atomic E-state index is -0.435. The van der Waals surface area contributed by atoms with Crippen LogP contribution in [0, 0.1) is 10.1 Å². The molecule has 1 heterocycles. The molecule has 182 valence electrons. The van der Waals surface area contributed by atoms with Crippen molar-refractivity contribution < 1.29 is 9.66 Å². The Kier molecular flexibility index (Phi) is 6.49. The molecule has 0 amide bonds. The number of nitrogens with one attached hydrogen (secondary N) is 1. The first-order valence-electron chi connectivity index (χ1n) is 12.1. The van der Waals surface area contributed by atoms with Gasteiger partial charge in [0, 0.05) is 54.6 Å². The van der Waals surface area contributed by atoms with Gasteiger partial charge in [0.1, 0.15) is 11.4 Å². The lowest BCUT2D eigenvalue weighted by Crippen LogP contribution is -2.21. The second kappa shape index (κ2) is 10.0. The number of fused-ring (bicyclic) bond motifs is 2. The summed E-state index contributed by atoms with van der Waals surface area (Å²) < 4.78 is 6.44. The molecule has 0 saturated carbocycles. The van der Waals surface area contributed by atoms with Crippen LogP contribution in [-0.4, -0.2) is 24.6 Å². The zero-order chi connectivity index (χ0) is 25.1. The molecule has 8 heteroatoms. The highest BCUT2D eigenvalue weighted by Crippen LogP contribution is 2.41. The number of rotatable bonds is 8. The van der Waals surface area contributed by atoms with Crippen molar-refractivity contribution >= 4 is 39.2 Å². The first-order chi connectivity index (χ1) is 17.6. The average Bonchev–Trinajstić information content (AvgIpc) is 3.35. The Morgan fingerprint density at radius 1 is 0.972 bits per heavy atom. The molecule has 0 fully saturated rings. The van der Waals surface area contributed by atoms with Gasteiger partial charge in [-0.25, -0.2) is 0 Å². The molecule has 0 aliphatic carbocycles. The number of hydrogen-bond acceptors (Lipinski definition) is 7. The lowest BCUT2D eigenvalue weighted by molar-refractivity contribution is -0.384. The maximum absolute atomic E-state index is 10.9. The Morgan fingerprint density at radius 2 is 1.78 bits per heavy atom. The Hall–Kier alpha value is -4.46. The van der Waals surface area contributed by atoms with Gasteiger partial charge in [-0.15, -0.1) is 5.11 Å². The summed E-state index contributed by atoms with van der Waals surface area (Å²) in [7, 11) is 0. The van der Waals surface area contributed by atoms with Gasteiger partial charge in [0.25, 0.3) is 5.69 Å². The molecule has 1 aliphatic rings. The molecule has 4 aromatic carbocycles. The molecule has 0 radical (unpaired) electrons. The molecule has 0 bridgehead atoms. The van der Waals surface area contributed by atoms with Crippen molar-refractivity contribution in [2.75, 3.05) is 29.9 Å². The van der Waals surface area contributed by atoms with E-state index in [2.05, 4.69) is 58.6 Å². The van der Waals surface area contributed by atoms with Gasteiger partial charge in [-0.05, 0) is 73.7 Å². The number of nitrogens with zero attached hydrogens (tertiary/aromatic N) is 4. The molecule has 0 aromatic heterocycles. The highest BCUT2D eigenvalue weighted by atomic mass is 16.6. The minimum absolute atomic E-state index is 0.0154. The van der Waals surface area contributed by atoms with Gasteiger partial charge < -0.3 is 15.0 Å². The van der Waals surface area contributed by atoms with Crippen molar-refractivity contribution in [3.8, 4) is 11.5 Å². The maximum Gasteiger partial charge on any atom is 0.269 e. The summed E-state index contributed by atoms with van der Waals surface area (Å²) in [6, 6.07) is 22.4. The van der Waals surface area contributed by atoms with Gasteiger partial charge in [-0.2, -0.15) is 5.11 Å². The van der Waals surface area contributed by atoms with Crippen LogP contribution < -0.4 is 15.0 Å². The summed E-state index contributed by atoms with van der Waals surface area (Å²) in [5.74, 6) is 1.33. The number of azo groups is 1. The van der Waals surface area contributed by atoms with Crippen LogP contribution in [0.4, 0.5) is 28.4 Å². The van der Waals surface area contributed by atoms with Crippen molar-refractivity contribution in [2.45, 2.75) is 20.3 Å². The van der Waals surface area contributed by atoms with Gasteiger partial charge in [0.2, 0.25) is 0 Å². The normalized spacial score (nSPS) is 12.5. The van der Waals surface area contributed by atoms with E-state index in [4.69, 9.17) is 4.74 Å². The molecule has 8 nitrogen and oxygen atoms in total. The van der Waals surface area contributed by atoms with E-state index >= 15 is 0 Å². The van der Waals surface area contributed by atoms with Crippen molar-refractivity contribution in [3.05, 3.63) is 88.5 Å². The number of ether oxygens (including phenoxy) is 1. The van der Waals surface area contributed by atoms with E-state index in [1.54, 1.807) is 12.1 Å². The van der Waals surface area contributed by atoms with Gasteiger partial charge in [-0.1, -0.05) is 12.1 Å². The fourth-order valence-corrected chi connectivity index (χ4v) is 4.46. The van der Waals surface area contributed by atoms with Crippen LogP contribution in [0.1, 0.15) is 19.4 Å². The van der Waals surface area contributed by atoms with E-state index in [0.29, 0.717) is 17.1 Å². The summed E-state index contributed by atoms with van der Waals surface area (Å²) in [6.45, 7) is 7.07. The third-order valence-electron chi connectivity index (χ3n) is 6.40. The summed E-state index contributed by atoms with van der Waals surface area (Å²) >= 11 is 0. The zero-order valence-electron chi connectivity index (χ0n) is 20.3. The second-order valence-corrected chi connectivity index (χ2v) is 8.56. The first-order valence-corrected chi connectivity index (χ1v) is 12.1. The molecule has 0 spiro atoms. The molecule has 0 saturated heterocycles. The monoisotopic (exact) mass is 481 g/mol. The topological polar surface area (TPSA) is 92.4 Å². The van der Waals surface area contributed by atoms with Gasteiger partial charge in [0.05, 0.1) is 10.6 Å². The second-order valence-electron chi connectivity index (χ2n) is 8.56. The number of hydrogen-bond donors (Lipinski definition) is 1. The van der Waals surface area contributed by atoms with Gasteiger partial charge in [-0.3, -0.25) is 10.1 Å². The van der Waals surface area contributed by atoms with Crippen LogP contribution in [0.5, 0.6) is 11.5 Å². The summed E-state index contributed by atoms with van der Waals surface area (Å²) in [5, 5.41) is 25.2. The third kappa shape index (κ3) is 4.70. The SMILES string of the molecule is CCN(CC)c1ccc2c(Oc3cc4c(cc3N=Nc3ccc([N+](=O)[O-])cc3)CCN4)cccc2c1. The van der Waals surface area contributed by atoms with Crippen LogP contribution in [0.2, 0.25) is 0 Å². The van der Waals surface area contributed by atoms with Crippen molar-refractivity contribution in [1.29, 1.82) is 0 Å². The van der Waals surface area contributed by atoms with Gasteiger partial charge in [0.15, 0.2) is 5.75 Å². The first kappa shape index (κ1) is 23.3. The van der Waals surface area contributed by atoms with Crippen molar-refractivity contribution in [1.82, 2.24) is 0 Å². The molecule has 1 N–H and O–H groups in total. The predicted octanol–water partition coefficient (Wildman–Crippen LogP) is 7.77. The van der Waals surface area contributed by atoms with Crippen LogP contribution in [-0.2, 0) is 6.42 Å². The fraction of sp³-hybridized carbons (Fsp3) is 0.214. The largest absolute Gasteiger partial charge is 0.454 e. The molecular formula is C28H27N5O3. The highest BCUT2D eigenvalue weighted by molar-refractivity contribution is 5.91. The fourth-order valence-electron chi connectivity index (χ4n) is 4.46. The maximum atomic E-state index is 10.9. The van der Waals surface area contributed by atoms with E-state index < -0.39 is 4.92 Å². The number of non-ortho nitro benzene ring substituents is 1.